The van der Waals surface area contributed by atoms with E-state index >= 15 is 0 Å². The van der Waals surface area contributed by atoms with Crippen LogP contribution in [0.25, 0.3) is 6.08 Å². The van der Waals surface area contributed by atoms with Gasteiger partial charge in [-0.3, -0.25) is 9.59 Å². The van der Waals surface area contributed by atoms with E-state index in [1.165, 1.54) is 6.08 Å². The Morgan fingerprint density at radius 1 is 1.22 bits per heavy atom. The number of benzene rings is 1. The van der Waals surface area contributed by atoms with Gasteiger partial charge in [-0.1, -0.05) is 29.8 Å². The topological polar surface area (TPSA) is 66.8 Å². The molecule has 0 spiro atoms. The molecule has 0 unspecified atom stereocenters. The fourth-order valence-corrected chi connectivity index (χ4v) is 2.00. The summed E-state index contributed by atoms with van der Waals surface area (Å²) < 4.78 is 4.87. The quantitative estimate of drug-likeness (QED) is 0.559. The Hall–Kier alpha value is -2.14. The molecule has 126 valence electrons. The van der Waals surface area contributed by atoms with E-state index in [2.05, 4.69) is 0 Å². The Morgan fingerprint density at radius 3 is 2.52 bits per heavy atom. The van der Waals surface area contributed by atoms with Gasteiger partial charge in [0, 0.05) is 25.8 Å². The molecule has 0 aliphatic heterocycles. The van der Waals surface area contributed by atoms with Crippen LogP contribution in [0.2, 0.25) is 0 Å². The SMILES string of the molecule is CCOC(=O)CCN(CCCO)C(=O)/C=C/c1ccc(C)cc1. The van der Waals surface area contributed by atoms with Crippen LogP contribution in [0.1, 0.15) is 30.9 Å². The number of carbonyl (C=O) groups is 2. The summed E-state index contributed by atoms with van der Waals surface area (Å²) in [7, 11) is 0. The summed E-state index contributed by atoms with van der Waals surface area (Å²) in [6.45, 7) is 4.78. The monoisotopic (exact) mass is 319 g/mol. The molecule has 0 aliphatic rings. The number of carbonyl (C=O) groups excluding carboxylic acids is 2. The minimum absolute atomic E-state index is 0.00482. The first-order valence-corrected chi connectivity index (χ1v) is 7.87. The van der Waals surface area contributed by atoms with Crippen LogP contribution in [-0.4, -0.2) is 48.2 Å². The third-order valence-corrected chi connectivity index (χ3v) is 3.28. The van der Waals surface area contributed by atoms with Crippen molar-refractivity contribution in [2.75, 3.05) is 26.3 Å². The van der Waals surface area contributed by atoms with Crippen molar-refractivity contribution < 1.29 is 19.4 Å². The zero-order valence-electron chi connectivity index (χ0n) is 13.8. The molecule has 0 radical (unpaired) electrons. The number of hydrogen-bond donors (Lipinski definition) is 1. The zero-order chi connectivity index (χ0) is 17.1. The number of nitrogens with zero attached hydrogens (tertiary/aromatic N) is 1. The fourth-order valence-electron chi connectivity index (χ4n) is 2.00. The standard InChI is InChI=1S/C18H25NO4/c1-3-23-18(22)11-13-19(12-4-14-20)17(21)10-9-16-7-5-15(2)6-8-16/h5-10,20H,3-4,11-14H2,1-2H3/b10-9+. The van der Waals surface area contributed by atoms with Crippen LogP contribution in [0, 0.1) is 6.92 Å². The van der Waals surface area contributed by atoms with Gasteiger partial charge in [-0.05, 0) is 31.9 Å². The van der Waals surface area contributed by atoms with Crippen molar-refractivity contribution in [2.24, 2.45) is 0 Å². The summed E-state index contributed by atoms with van der Waals surface area (Å²) in [5, 5.41) is 8.94. The Morgan fingerprint density at radius 2 is 1.91 bits per heavy atom. The van der Waals surface area contributed by atoms with Crippen LogP contribution < -0.4 is 0 Å². The lowest BCUT2D eigenvalue weighted by atomic mass is 10.1. The molecule has 0 bridgehead atoms. The maximum absolute atomic E-state index is 12.3. The highest BCUT2D eigenvalue weighted by Crippen LogP contribution is 2.06. The van der Waals surface area contributed by atoms with Gasteiger partial charge in [-0.15, -0.1) is 0 Å². The lowest BCUT2D eigenvalue weighted by Crippen LogP contribution is -2.33. The third kappa shape index (κ3) is 7.61. The van der Waals surface area contributed by atoms with E-state index in [0.717, 1.165) is 11.1 Å². The van der Waals surface area contributed by atoms with E-state index < -0.39 is 0 Å². The number of aliphatic hydroxyl groups excluding tert-OH is 1. The van der Waals surface area contributed by atoms with Crippen LogP contribution in [-0.2, 0) is 14.3 Å². The first-order chi connectivity index (χ1) is 11.1. The van der Waals surface area contributed by atoms with Crippen molar-refractivity contribution >= 4 is 18.0 Å². The summed E-state index contributed by atoms with van der Waals surface area (Å²) in [6, 6.07) is 7.84. The van der Waals surface area contributed by atoms with Crippen molar-refractivity contribution in [3.63, 3.8) is 0 Å². The second kappa shape index (κ2) is 10.6. The fraction of sp³-hybridized carbons (Fsp3) is 0.444. The minimum Gasteiger partial charge on any atom is -0.466 e. The Bertz CT molecular complexity index is 522. The van der Waals surface area contributed by atoms with Gasteiger partial charge in [0.15, 0.2) is 0 Å². The number of rotatable bonds is 9. The molecule has 0 atom stereocenters. The second-order valence-electron chi connectivity index (χ2n) is 5.20. The lowest BCUT2D eigenvalue weighted by Gasteiger charge is -2.20. The summed E-state index contributed by atoms with van der Waals surface area (Å²) in [6.07, 6.45) is 3.88. The molecule has 0 aliphatic carbocycles. The average Bonchev–Trinajstić information content (AvgIpc) is 2.54. The number of amides is 1. The molecule has 0 fully saturated rings. The molecular weight excluding hydrogens is 294 g/mol. The van der Waals surface area contributed by atoms with E-state index in [0.29, 0.717) is 19.6 Å². The van der Waals surface area contributed by atoms with E-state index in [1.807, 2.05) is 31.2 Å². The highest BCUT2D eigenvalue weighted by molar-refractivity contribution is 5.92. The summed E-state index contributed by atoms with van der Waals surface area (Å²) in [5.74, 6) is -0.500. The van der Waals surface area contributed by atoms with Gasteiger partial charge in [-0.2, -0.15) is 0 Å². The van der Waals surface area contributed by atoms with Crippen LogP contribution >= 0.6 is 0 Å². The number of aliphatic hydroxyl groups is 1. The van der Waals surface area contributed by atoms with Crippen molar-refractivity contribution in [2.45, 2.75) is 26.7 Å². The molecule has 5 heteroatoms. The Labute approximate surface area is 137 Å². The molecule has 0 saturated heterocycles. The predicted octanol–water partition coefficient (Wildman–Crippen LogP) is 2.17. The molecular formula is C18H25NO4. The van der Waals surface area contributed by atoms with Gasteiger partial charge in [0.2, 0.25) is 5.91 Å². The van der Waals surface area contributed by atoms with E-state index in [9.17, 15) is 9.59 Å². The van der Waals surface area contributed by atoms with Gasteiger partial charge in [0.05, 0.1) is 13.0 Å². The molecule has 1 amide bonds. The van der Waals surface area contributed by atoms with Crippen molar-refractivity contribution in [3.8, 4) is 0 Å². The first kappa shape index (κ1) is 18.9. The maximum Gasteiger partial charge on any atom is 0.307 e. The molecule has 0 saturated carbocycles. The molecule has 1 aromatic carbocycles. The smallest absolute Gasteiger partial charge is 0.307 e. The third-order valence-electron chi connectivity index (χ3n) is 3.28. The van der Waals surface area contributed by atoms with Gasteiger partial charge < -0.3 is 14.7 Å². The largest absolute Gasteiger partial charge is 0.466 e. The van der Waals surface area contributed by atoms with Crippen LogP contribution in [0.15, 0.2) is 30.3 Å². The van der Waals surface area contributed by atoms with E-state index in [-0.39, 0.29) is 31.4 Å². The highest BCUT2D eigenvalue weighted by Gasteiger charge is 2.12. The molecule has 1 aromatic rings. The predicted molar refractivity (Wildman–Crippen MR) is 89.7 cm³/mol. The van der Waals surface area contributed by atoms with E-state index in [4.69, 9.17) is 9.84 Å². The summed E-state index contributed by atoms with van der Waals surface area (Å²) in [5.41, 5.74) is 2.10. The Kier molecular flexibility index (Phi) is 8.68. The van der Waals surface area contributed by atoms with Gasteiger partial charge in [-0.25, -0.2) is 0 Å². The highest BCUT2D eigenvalue weighted by atomic mass is 16.5. The number of ether oxygens (including phenoxy) is 1. The zero-order valence-corrected chi connectivity index (χ0v) is 13.8. The van der Waals surface area contributed by atoms with Crippen molar-refractivity contribution in [1.82, 2.24) is 4.90 Å². The van der Waals surface area contributed by atoms with Gasteiger partial charge in [0.25, 0.3) is 0 Å². The molecule has 1 N–H and O–H groups in total. The van der Waals surface area contributed by atoms with Gasteiger partial charge in [0.1, 0.15) is 0 Å². The van der Waals surface area contributed by atoms with E-state index in [1.54, 1.807) is 17.9 Å². The van der Waals surface area contributed by atoms with Crippen LogP contribution in [0.4, 0.5) is 0 Å². The molecule has 1 rings (SSSR count). The normalized spacial score (nSPS) is 10.7. The van der Waals surface area contributed by atoms with Crippen molar-refractivity contribution in [1.29, 1.82) is 0 Å². The average molecular weight is 319 g/mol. The number of aryl methyl sites for hydroxylation is 1. The molecule has 0 heterocycles. The molecule has 5 nitrogen and oxygen atoms in total. The summed E-state index contributed by atoms with van der Waals surface area (Å²) in [4.78, 5) is 25.2. The molecule has 0 aromatic heterocycles. The summed E-state index contributed by atoms with van der Waals surface area (Å²) >= 11 is 0. The van der Waals surface area contributed by atoms with Crippen LogP contribution in [0.5, 0.6) is 0 Å². The lowest BCUT2D eigenvalue weighted by molar-refractivity contribution is -0.143. The number of hydrogen-bond acceptors (Lipinski definition) is 4. The van der Waals surface area contributed by atoms with Crippen molar-refractivity contribution in [3.05, 3.63) is 41.5 Å². The minimum atomic E-state index is -0.322. The first-order valence-electron chi connectivity index (χ1n) is 7.87. The molecule has 23 heavy (non-hydrogen) atoms. The van der Waals surface area contributed by atoms with Crippen LogP contribution in [0.3, 0.4) is 0 Å². The second-order valence-corrected chi connectivity index (χ2v) is 5.20. The van der Waals surface area contributed by atoms with Gasteiger partial charge >= 0.3 is 5.97 Å². The number of esters is 1. The maximum atomic E-state index is 12.3. The Balaban J connectivity index is 2.62.